The maximum atomic E-state index is 12.9. The summed E-state index contributed by atoms with van der Waals surface area (Å²) in [4.78, 5) is 36.9. The Balaban J connectivity index is 2.23. The van der Waals surface area contributed by atoms with Gasteiger partial charge in [0.1, 0.15) is 17.5 Å². The van der Waals surface area contributed by atoms with Crippen LogP contribution in [0.1, 0.15) is 35.3 Å². The maximum absolute atomic E-state index is 12.9. The molecule has 0 unspecified atom stereocenters. The Hall–Kier alpha value is -3.19. The third-order valence-corrected chi connectivity index (χ3v) is 5.97. The lowest BCUT2D eigenvalue weighted by Gasteiger charge is -2.21. The molecular weight excluding hydrogens is 390 g/mol. The zero-order chi connectivity index (χ0) is 21.3. The summed E-state index contributed by atoms with van der Waals surface area (Å²) in [5.74, 6) is -2.72. The van der Waals surface area contributed by atoms with Gasteiger partial charge in [0.25, 0.3) is 10.0 Å². The second-order valence-electron chi connectivity index (χ2n) is 6.89. The van der Waals surface area contributed by atoms with Crippen molar-refractivity contribution in [3.8, 4) is 0 Å². The molecule has 0 fully saturated rings. The van der Waals surface area contributed by atoms with E-state index in [4.69, 9.17) is 0 Å². The van der Waals surface area contributed by atoms with E-state index in [1.807, 2.05) is 6.92 Å². The molecular formula is C22H19NO5S. The van der Waals surface area contributed by atoms with Crippen molar-refractivity contribution in [2.45, 2.75) is 25.7 Å². The normalized spacial score (nSPS) is 15.2. The van der Waals surface area contributed by atoms with Crippen molar-refractivity contribution < 1.29 is 22.8 Å². The van der Waals surface area contributed by atoms with E-state index in [0.717, 1.165) is 5.56 Å². The molecule has 3 rings (SSSR count). The number of aryl methyl sites for hydroxylation is 1. The predicted molar refractivity (Wildman–Crippen MR) is 109 cm³/mol. The molecule has 0 radical (unpaired) electrons. The standard InChI is InChI=1S/C22H19NO5S/c1-13-8-10-16(11-9-13)29(27,28)23-20-12-19(21(14(2)24)15(3)25)22(26)18-7-5-4-6-17(18)20/h4-12,21H,1-3H3/b23-20+. The van der Waals surface area contributed by atoms with E-state index < -0.39 is 33.3 Å². The quantitative estimate of drug-likeness (QED) is 0.707. The van der Waals surface area contributed by atoms with Crippen molar-refractivity contribution >= 4 is 33.1 Å². The Morgan fingerprint density at radius 3 is 2.00 bits per heavy atom. The number of carbonyl (C=O) groups is 3. The molecule has 0 aliphatic heterocycles. The molecule has 0 aromatic heterocycles. The molecule has 1 aliphatic carbocycles. The minimum absolute atomic E-state index is 0.00890. The molecule has 2 aromatic rings. The van der Waals surface area contributed by atoms with E-state index in [2.05, 4.69) is 4.40 Å². The van der Waals surface area contributed by atoms with E-state index >= 15 is 0 Å². The van der Waals surface area contributed by atoms with Crippen molar-refractivity contribution in [2.75, 3.05) is 0 Å². The molecule has 0 saturated carbocycles. The first kappa shape index (κ1) is 20.5. The van der Waals surface area contributed by atoms with Gasteiger partial charge in [-0.05, 0) is 39.0 Å². The Labute approximate surface area is 169 Å². The lowest BCUT2D eigenvalue weighted by atomic mass is 9.80. The molecule has 6 nitrogen and oxygen atoms in total. The molecule has 7 heteroatoms. The van der Waals surface area contributed by atoms with Crippen molar-refractivity contribution in [1.29, 1.82) is 0 Å². The van der Waals surface area contributed by atoms with Crippen molar-refractivity contribution in [3.63, 3.8) is 0 Å². The number of nitrogens with zero attached hydrogens (tertiary/aromatic N) is 1. The highest BCUT2D eigenvalue weighted by Gasteiger charge is 2.34. The summed E-state index contributed by atoms with van der Waals surface area (Å²) in [6, 6.07) is 12.6. The fraction of sp³-hybridized carbons (Fsp3) is 0.182. The number of sulfonamides is 1. The van der Waals surface area contributed by atoms with E-state index in [1.54, 1.807) is 30.3 Å². The highest BCUT2D eigenvalue weighted by atomic mass is 32.2. The number of hydrogen-bond acceptors (Lipinski definition) is 5. The summed E-state index contributed by atoms with van der Waals surface area (Å²) in [6.45, 7) is 4.28. The fourth-order valence-corrected chi connectivity index (χ4v) is 4.25. The van der Waals surface area contributed by atoms with Crippen LogP contribution in [0.3, 0.4) is 0 Å². The Kier molecular flexibility index (Phi) is 5.44. The van der Waals surface area contributed by atoms with Crippen LogP contribution >= 0.6 is 0 Å². The lowest BCUT2D eigenvalue weighted by Crippen LogP contribution is -2.30. The zero-order valence-electron chi connectivity index (χ0n) is 16.2. The van der Waals surface area contributed by atoms with Crippen LogP contribution in [0.25, 0.3) is 0 Å². The highest BCUT2D eigenvalue weighted by molar-refractivity contribution is 7.90. The summed E-state index contributed by atoms with van der Waals surface area (Å²) in [5.41, 5.74) is 1.39. The minimum Gasteiger partial charge on any atom is -0.299 e. The van der Waals surface area contributed by atoms with Gasteiger partial charge in [-0.15, -0.1) is 0 Å². The molecule has 29 heavy (non-hydrogen) atoms. The van der Waals surface area contributed by atoms with Crippen LogP contribution in [0, 0.1) is 12.8 Å². The van der Waals surface area contributed by atoms with Gasteiger partial charge in [-0.2, -0.15) is 12.8 Å². The number of allylic oxidation sites excluding steroid dienone is 2. The number of benzene rings is 2. The summed E-state index contributed by atoms with van der Waals surface area (Å²) in [7, 11) is -4.06. The Morgan fingerprint density at radius 2 is 1.45 bits per heavy atom. The number of ketones is 3. The molecule has 0 atom stereocenters. The molecule has 0 bridgehead atoms. The third-order valence-electron chi connectivity index (χ3n) is 4.66. The second kappa shape index (κ2) is 7.67. The van der Waals surface area contributed by atoms with E-state index in [0.29, 0.717) is 5.56 Å². The van der Waals surface area contributed by atoms with Crippen molar-refractivity contribution in [1.82, 2.24) is 0 Å². The first-order valence-electron chi connectivity index (χ1n) is 8.90. The monoisotopic (exact) mass is 409 g/mol. The van der Waals surface area contributed by atoms with Gasteiger partial charge in [-0.25, -0.2) is 0 Å². The number of rotatable bonds is 5. The van der Waals surface area contributed by atoms with Gasteiger partial charge in [0, 0.05) is 16.7 Å². The van der Waals surface area contributed by atoms with Crippen LogP contribution in [-0.4, -0.2) is 31.5 Å². The van der Waals surface area contributed by atoms with Crippen molar-refractivity contribution in [3.05, 3.63) is 76.9 Å². The molecule has 0 spiro atoms. The van der Waals surface area contributed by atoms with Gasteiger partial charge in [-0.1, -0.05) is 42.0 Å². The molecule has 1 aliphatic rings. The molecule has 148 valence electrons. The van der Waals surface area contributed by atoms with Gasteiger partial charge < -0.3 is 0 Å². The van der Waals surface area contributed by atoms with Gasteiger partial charge in [0.15, 0.2) is 5.78 Å². The first-order valence-corrected chi connectivity index (χ1v) is 10.3. The second-order valence-corrected chi connectivity index (χ2v) is 8.50. The van der Waals surface area contributed by atoms with Gasteiger partial charge in [0.05, 0.1) is 10.6 Å². The number of Topliss-reactive ketones (excluding diaryl/α,β-unsaturated/α-hetero) is 3. The molecule has 0 heterocycles. The number of carbonyl (C=O) groups excluding carboxylic acids is 3. The molecule has 2 aromatic carbocycles. The van der Waals surface area contributed by atoms with Crippen LogP contribution in [0.2, 0.25) is 0 Å². The van der Waals surface area contributed by atoms with Crippen LogP contribution in [0.5, 0.6) is 0 Å². The summed E-state index contributed by atoms with van der Waals surface area (Å²) in [6.07, 6.45) is 1.24. The fourth-order valence-electron chi connectivity index (χ4n) is 3.26. The zero-order valence-corrected chi connectivity index (χ0v) is 17.0. The average Bonchev–Trinajstić information content (AvgIpc) is 2.65. The third kappa shape index (κ3) is 4.00. The molecule has 0 N–H and O–H groups in total. The largest absolute Gasteiger partial charge is 0.299 e. The van der Waals surface area contributed by atoms with E-state index in [-0.39, 0.29) is 21.7 Å². The number of fused-ring (bicyclic) bond motifs is 1. The first-order chi connectivity index (χ1) is 13.6. The topological polar surface area (TPSA) is 97.7 Å². The predicted octanol–water partition coefficient (Wildman–Crippen LogP) is 3.09. The number of hydrogen-bond donors (Lipinski definition) is 0. The lowest BCUT2D eigenvalue weighted by molar-refractivity contribution is -0.128. The van der Waals surface area contributed by atoms with Crippen LogP contribution < -0.4 is 0 Å². The van der Waals surface area contributed by atoms with E-state index in [9.17, 15) is 22.8 Å². The maximum Gasteiger partial charge on any atom is 0.282 e. The summed E-state index contributed by atoms with van der Waals surface area (Å²) in [5, 5.41) is 0. The Morgan fingerprint density at radius 1 is 0.897 bits per heavy atom. The Bertz CT molecular complexity index is 1170. The smallest absolute Gasteiger partial charge is 0.282 e. The van der Waals surface area contributed by atoms with E-state index in [1.165, 1.54) is 38.1 Å². The van der Waals surface area contributed by atoms with Gasteiger partial charge in [-0.3, -0.25) is 14.4 Å². The average molecular weight is 409 g/mol. The molecule has 0 amide bonds. The minimum atomic E-state index is -4.06. The highest BCUT2D eigenvalue weighted by Crippen LogP contribution is 2.28. The van der Waals surface area contributed by atoms with Crippen LogP contribution in [0.4, 0.5) is 0 Å². The summed E-state index contributed by atoms with van der Waals surface area (Å²) < 4.78 is 29.6. The SMILES string of the molecule is CC(=O)C(C(C)=O)C1=C/C(=N\S(=O)(=O)c2ccc(C)cc2)c2ccccc2C1=O. The van der Waals surface area contributed by atoms with Crippen molar-refractivity contribution in [2.24, 2.45) is 10.3 Å². The van der Waals surface area contributed by atoms with Crippen LogP contribution in [-0.2, 0) is 19.6 Å². The van der Waals surface area contributed by atoms with Gasteiger partial charge >= 0.3 is 0 Å². The summed E-state index contributed by atoms with van der Waals surface area (Å²) >= 11 is 0. The molecule has 0 saturated heterocycles. The van der Waals surface area contributed by atoms with Gasteiger partial charge in [0.2, 0.25) is 0 Å². The van der Waals surface area contributed by atoms with Crippen LogP contribution in [0.15, 0.2) is 69.5 Å².